The van der Waals surface area contributed by atoms with Gasteiger partial charge in [-0.2, -0.15) is 0 Å². The van der Waals surface area contributed by atoms with Gasteiger partial charge in [0, 0.05) is 18.3 Å². The second-order valence-corrected chi connectivity index (χ2v) is 6.67. The summed E-state index contributed by atoms with van der Waals surface area (Å²) in [5.74, 6) is 0.164. The topological polar surface area (TPSA) is 49.6 Å². The van der Waals surface area contributed by atoms with Crippen LogP contribution in [0.25, 0.3) is 0 Å². The van der Waals surface area contributed by atoms with Crippen molar-refractivity contribution < 1.29 is 4.79 Å². The molecule has 0 saturated carbocycles. The zero-order valence-corrected chi connectivity index (χ0v) is 14.6. The largest absolute Gasteiger partial charge is 0.330 e. The molecule has 0 aliphatic carbocycles. The Morgan fingerprint density at radius 1 is 1.36 bits per heavy atom. The highest BCUT2D eigenvalue weighted by molar-refractivity contribution is 5.95. The van der Waals surface area contributed by atoms with Crippen LogP contribution in [0.2, 0.25) is 0 Å². The molecular weight excluding hydrogens is 298 g/mol. The van der Waals surface area contributed by atoms with Gasteiger partial charge < -0.3 is 10.6 Å². The minimum Gasteiger partial charge on any atom is -0.330 e. The van der Waals surface area contributed by atoms with Gasteiger partial charge in [-0.3, -0.25) is 9.69 Å². The number of nitrogens with zero attached hydrogens (tertiary/aromatic N) is 2. The fourth-order valence-electron chi connectivity index (χ4n) is 3.01. The molecule has 4 nitrogen and oxygen atoms in total. The molecular formula is C17H28ClN3O. The molecule has 0 bridgehead atoms. The van der Waals surface area contributed by atoms with E-state index in [0.29, 0.717) is 13.1 Å². The van der Waals surface area contributed by atoms with Crippen molar-refractivity contribution >= 4 is 24.0 Å². The van der Waals surface area contributed by atoms with Crippen LogP contribution in [0.5, 0.6) is 0 Å². The lowest BCUT2D eigenvalue weighted by molar-refractivity contribution is -0.119. The first-order valence-corrected chi connectivity index (χ1v) is 7.75. The molecule has 0 aromatic heterocycles. The first kappa shape index (κ1) is 18.9. The number of hydrogen-bond acceptors (Lipinski definition) is 3. The van der Waals surface area contributed by atoms with Crippen molar-refractivity contribution in [1.82, 2.24) is 4.90 Å². The predicted molar refractivity (Wildman–Crippen MR) is 94.5 cm³/mol. The highest BCUT2D eigenvalue weighted by atomic mass is 35.5. The van der Waals surface area contributed by atoms with Crippen LogP contribution in [0.4, 0.5) is 5.69 Å². The molecule has 22 heavy (non-hydrogen) atoms. The van der Waals surface area contributed by atoms with Crippen molar-refractivity contribution in [3.63, 3.8) is 0 Å². The Labute approximate surface area is 140 Å². The number of halogens is 1. The Morgan fingerprint density at radius 3 is 2.50 bits per heavy atom. The Kier molecular flexibility index (Phi) is 6.85. The van der Waals surface area contributed by atoms with Gasteiger partial charge in [-0.1, -0.05) is 25.1 Å². The molecule has 124 valence electrons. The molecule has 1 amide bonds. The number of hydrogen-bond donors (Lipinski definition) is 1. The Balaban J connectivity index is 0.00000242. The van der Waals surface area contributed by atoms with Crippen LogP contribution in [0.15, 0.2) is 30.3 Å². The third-order valence-electron chi connectivity index (χ3n) is 4.31. The van der Waals surface area contributed by atoms with Crippen molar-refractivity contribution in [3.8, 4) is 0 Å². The molecule has 1 atom stereocenters. The number of carbonyl (C=O) groups is 1. The number of amides is 1. The van der Waals surface area contributed by atoms with Gasteiger partial charge in [0.15, 0.2) is 0 Å². The van der Waals surface area contributed by atoms with E-state index in [1.54, 1.807) is 0 Å². The van der Waals surface area contributed by atoms with Crippen LogP contribution >= 0.6 is 12.4 Å². The number of nitrogens with two attached hydrogens (primary N) is 1. The first-order valence-electron chi connectivity index (χ1n) is 7.75. The molecule has 2 N–H and O–H groups in total. The molecule has 1 fully saturated rings. The van der Waals surface area contributed by atoms with Gasteiger partial charge >= 0.3 is 0 Å². The lowest BCUT2D eigenvalue weighted by atomic mass is 9.90. The summed E-state index contributed by atoms with van der Waals surface area (Å²) in [7, 11) is 0. The Bertz CT molecular complexity index is 480. The number of para-hydroxylation sites is 1. The summed E-state index contributed by atoms with van der Waals surface area (Å²) in [6.07, 6.45) is 1.07. The fourth-order valence-corrected chi connectivity index (χ4v) is 3.01. The number of likely N-dealkylation sites (tertiary alicyclic amines) is 1. The summed E-state index contributed by atoms with van der Waals surface area (Å²) in [5, 5.41) is 0. The lowest BCUT2D eigenvalue weighted by Crippen LogP contribution is -2.44. The van der Waals surface area contributed by atoms with Crippen molar-refractivity contribution in [2.75, 3.05) is 31.1 Å². The Hall–Kier alpha value is -1.10. The maximum atomic E-state index is 12.7. The summed E-state index contributed by atoms with van der Waals surface area (Å²) in [5.41, 5.74) is 6.97. The average Bonchev–Trinajstić information content (AvgIpc) is 2.82. The molecule has 1 aliphatic heterocycles. The SMILES string of the molecule is CC(C)N(C(=O)CN1CCC(C)(CN)C1)c1ccccc1.Cl. The van der Waals surface area contributed by atoms with E-state index in [4.69, 9.17) is 5.73 Å². The highest BCUT2D eigenvalue weighted by Crippen LogP contribution is 2.28. The molecule has 0 radical (unpaired) electrons. The van der Waals surface area contributed by atoms with E-state index in [2.05, 4.69) is 25.7 Å². The number of carbonyl (C=O) groups excluding carboxylic acids is 1. The van der Waals surface area contributed by atoms with E-state index < -0.39 is 0 Å². The van der Waals surface area contributed by atoms with E-state index in [0.717, 1.165) is 25.2 Å². The average molecular weight is 326 g/mol. The fraction of sp³-hybridized carbons (Fsp3) is 0.588. The van der Waals surface area contributed by atoms with Crippen LogP contribution in [-0.2, 0) is 4.79 Å². The minimum atomic E-state index is 0. The number of rotatable bonds is 5. The molecule has 1 heterocycles. The zero-order valence-electron chi connectivity index (χ0n) is 13.8. The predicted octanol–water partition coefficient (Wildman–Crippen LogP) is 2.52. The van der Waals surface area contributed by atoms with E-state index in [9.17, 15) is 4.79 Å². The van der Waals surface area contributed by atoms with Gasteiger partial charge in [0.2, 0.25) is 5.91 Å². The molecule has 2 rings (SSSR count). The molecule has 1 aromatic carbocycles. The molecule has 1 aliphatic rings. The molecule has 5 heteroatoms. The normalized spacial score (nSPS) is 21.7. The van der Waals surface area contributed by atoms with E-state index in [1.807, 2.05) is 35.2 Å². The lowest BCUT2D eigenvalue weighted by Gasteiger charge is -2.29. The van der Waals surface area contributed by atoms with Crippen molar-refractivity contribution in [3.05, 3.63) is 30.3 Å². The molecule has 1 saturated heterocycles. The van der Waals surface area contributed by atoms with Crippen molar-refractivity contribution in [2.24, 2.45) is 11.1 Å². The van der Waals surface area contributed by atoms with Gasteiger partial charge in [-0.25, -0.2) is 0 Å². The standard InChI is InChI=1S/C17H27N3O.ClH/c1-14(2)20(15-7-5-4-6-8-15)16(21)11-19-10-9-17(3,12-18)13-19;/h4-8,14H,9-13,18H2,1-3H3;1H. The van der Waals surface area contributed by atoms with Crippen LogP contribution in [0, 0.1) is 5.41 Å². The summed E-state index contributed by atoms with van der Waals surface area (Å²) in [6.45, 7) is 9.34. The highest BCUT2D eigenvalue weighted by Gasteiger charge is 2.34. The van der Waals surface area contributed by atoms with Crippen molar-refractivity contribution in [2.45, 2.75) is 33.2 Å². The molecule has 1 aromatic rings. The maximum Gasteiger partial charge on any atom is 0.241 e. The van der Waals surface area contributed by atoms with E-state index in [-0.39, 0.29) is 29.8 Å². The summed E-state index contributed by atoms with van der Waals surface area (Å²) >= 11 is 0. The molecule has 1 unspecified atom stereocenters. The van der Waals surface area contributed by atoms with Crippen LogP contribution in [0.1, 0.15) is 27.2 Å². The summed E-state index contributed by atoms with van der Waals surface area (Å²) < 4.78 is 0. The Morgan fingerprint density at radius 2 is 2.00 bits per heavy atom. The maximum absolute atomic E-state index is 12.7. The zero-order chi connectivity index (χ0) is 15.5. The van der Waals surface area contributed by atoms with Gasteiger partial charge in [0.25, 0.3) is 0 Å². The van der Waals surface area contributed by atoms with Gasteiger partial charge in [0.05, 0.1) is 6.54 Å². The smallest absolute Gasteiger partial charge is 0.241 e. The second-order valence-electron chi connectivity index (χ2n) is 6.67. The van der Waals surface area contributed by atoms with Gasteiger partial charge in [-0.05, 0) is 50.9 Å². The summed E-state index contributed by atoms with van der Waals surface area (Å²) in [6, 6.07) is 10.1. The van der Waals surface area contributed by atoms with Gasteiger partial charge in [0.1, 0.15) is 0 Å². The summed E-state index contributed by atoms with van der Waals surface area (Å²) in [4.78, 5) is 16.8. The van der Waals surface area contributed by atoms with E-state index >= 15 is 0 Å². The monoisotopic (exact) mass is 325 g/mol. The second kappa shape index (κ2) is 7.95. The van der Waals surface area contributed by atoms with Crippen molar-refractivity contribution in [1.29, 1.82) is 0 Å². The van der Waals surface area contributed by atoms with Gasteiger partial charge in [-0.15, -0.1) is 12.4 Å². The van der Waals surface area contributed by atoms with Crippen LogP contribution in [0.3, 0.4) is 0 Å². The van der Waals surface area contributed by atoms with E-state index in [1.165, 1.54) is 0 Å². The quantitative estimate of drug-likeness (QED) is 0.905. The number of anilines is 1. The molecule has 0 spiro atoms. The van der Waals surface area contributed by atoms with Crippen LogP contribution in [-0.4, -0.2) is 43.0 Å². The first-order chi connectivity index (χ1) is 9.95. The third kappa shape index (κ3) is 4.45. The van der Waals surface area contributed by atoms with Crippen LogP contribution < -0.4 is 10.6 Å². The third-order valence-corrected chi connectivity index (χ3v) is 4.31. The number of benzene rings is 1. The minimum absolute atomic E-state index is 0.